The summed E-state index contributed by atoms with van der Waals surface area (Å²) in [7, 11) is 0. The van der Waals surface area contributed by atoms with E-state index in [2.05, 4.69) is 30.4 Å². The van der Waals surface area contributed by atoms with Gasteiger partial charge in [0.1, 0.15) is 0 Å². The third-order valence-corrected chi connectivity index (χ3v) is 1.92. The Balaban J connectivity index is 3.19. The van der Waals surface area contributed by atoms with Crippen LogP contribution in [0.1, 0.15) is 20.3 Å². The van der Waals surface area contributed by atoms with E-state index in [-0.39, 0.29) is 12.5 Å². The average molecular weight is 226 g/mol. The van der Waals surface area contributed by atoms with E-state index in [0.717, 1.165) is 13.0 Å². The molecule has 0 radical (unpaired) electrons. The number of carbonyl (C=O) groups is 1. The van der Waals surface area contributed by atoms with Gasteiger partial charge in [-0.3, -0.25) is 10.1 Å². The summed E-state index contributed by atoms with van der Waals surface area (Å²) in [5.41, 5.74) is 0. The van der Waals surface area contributed by atoms with Crippen molar-refractivity contribution in [3.05, 3.63) is 0 Å². The van der Waals surface area contributed by atoms with Gasteiger partial charge < -0.3 is 10.1 Å². The van der Waals surface area contributed by atoms with Gasteiger partial charge in [0.2, 0.25) is 5.91 Å². The lowest BCUT2D eigenvalue weighted by atomic mass is 10.1. The first-order chi connectivity index (χ1) is 7.66. The highest BCUT2D eigenvalue weighted by molar-refractivity contribution is 5.77. The smallest absolute Gasteiger partial charge is 0.234 e. The van der Waals surface area contributed by atoms with Crippen LogP contribution in [0, 0.1) is 18.3 Å². The minimum atomic E-state index is -0.0530. The number of rotatable bonds is 9. The molecule has 0 aromatic heterocycles. The summed E-state index contributed by atoms with van der Waals surface area (Å²) in [6.45, 7) is 6.85. The lowest BCUT2D eigenvalue weighted by Crippen LogP contribution is -2.35. The molecule has 0 spiro atoms. The molecule has 0 bridgehead atoms. The number of hydrogen-bond acceptors (Lipinski definition) is 3. The first-order valence-electron chi connectivity index (χ1n) is 5.65. The highest BCUT2D eigenvalue weighted by Crippen LogP contribution is 1.97. The molecule has 0 aliphatic heterocycles. The Bertz CT molecular complexity index is 222. The van der Waals surface area contributed by atoms with Gasteiger partial charge in [0, 0.05) is 13.2 Å². The van der Waals surface area contributed by atoms with Crippen molar-refractivity contribution in [2.45, 2.75) is 20.3 Å². The second kappa shape index (κ2) is 10.5. The van der Waals surface area contributed by atoms with Crippen LogP contribution in [0.5, 0.6) is 0 Å². The summed E-state index contributed by atoms with van der Waals surface area (Å²) in [5.74, 6) is 3.00. The van der Waals surface area contributed by atoms with Crippen LogP contribution in [0.25, 0.3) is 0 Å². The van der Waals surface area contributed by atoms with Crippen LogP contribution in [0.4, 0.5) is 0 Å². The van der Waals surface area contributed by atoms with Crippen molar-refractivity contribution in [3.8, 4) is 12.3 Å². The minimum absolute atomic E-state index is 0.0530. The highest BCUT2D eigenvalue weighted by atomic mass is 16.5. The molecule has 4 heteroatoms. The molecule has 0 aromatic carbocycles. The van der Waals surface area contributed by atoms with Crippen LogP contribution >= 0.6 is 0 Å². The number of nitrogens with one attached hydrogen (secondary N) is 2. The van der Waals surface area contributed by atoms with Crippen molar-refractivity contribution in [1.82, 2.24) is 10.6 Å². The minimum Gasteiger partial charge on any atom is -0.380 e. The third kappa shape index (κ3) is 11.0. The van der Waals surface area contributed by atoms with Crippen molar-refractivity contribution < 1.29 is 9.53 Å². The van der Waals surface area contributed by atoms with Gasteiger partial charge >= 0.3 is 0 Å². The molecule has 0 aromatic rings. The predicted molar refractivity (Wildman–Crippen MR) is 65.0 cm³/mol. The normalized spacial score (nSPS) is 10.1. The molecule has 0 saturated heterocycles. The van der Waals surface area contributed by atoms with Crippen LogP contribution in [-0.4, -0.2) is 38.8 Å². The molecule has 1 amide bonds. The van der Waals surface area contributed by atoms with Gasteiger partial charge in [0.15, 0.2) is 0 Å². The summed E-state index contributed by atoms with van der Waals surface area (Å²) >= 11 is 0. The maximum absolute atomic E-state index is 11.2. The van der Waals surface area contributed by atoms with Crippen LogP contribution in [0.15, 0.2) is 0 Å². The second-order valence-electron chi connectivity index (χ2n) is 3.95. The number of carbonyl (C=O) groups excluding carboxylic acids is 1. The molecule has 0 fully saturated rings. The van der Waals surface area contributed by atoms with Crippen molar-refractivity contribution in [1.29, 1.82) is 0 Å². The Morgan fingerprint density at radius 1 is 1.44 bits per heavy atom. The zero-order valence-electron chi connectivity index (χ0n) is 10.2. The van der Waals surface area contributed by atoms with Gasteiger partial charge in [-0.1, -0.05) is 19.8 Å². The third-order valence-electron chi connectivity index (χ3n) is 1.92. The Morgan fingerprint density at radius 2 is 2.19 bits per heavy atom. The molecule has 0 saturated carbocycles. The van der Waals surface area contributed by atoms with Crippen LogP contribution in [0.2, 0.25) is 0 Å². The van der Waals surface area contributed by atoms with E-state index >= 15 is 0 Å². The summed E-state index contributed by atoms with van der Waals surface area (Å²) < 4.78 is 5.35. The van der Waals surface area contributed by atoms with Gasteiger partial charge in [0.05, 0.1) is 19.7 Å². The molecule has 2 N–H and O–H groups in total. The fourth-order valence-corrected chi connectivity index (χ4v) is 0.994. The molecule has 4 nitrogen and oxygen atoms in total. The molecule has 16 heavy (non-hydrogen) atoms. The van der Waals surface area contributed by atoms with Gasteiger partial charge in [-0.25, -0.2) is 0 Å². The Morgan fingerprint density at radius 3 is 2.81 bits per heavy atom. The van der Waals surface area contributed by atoms with Gasteiger partial charge in [-0.2, -0.15) is 0 Å². The quantitative estimate of drug-likeness (QED) is 0.442. The summed E-state index contributed by atoms with van der Waals surface area (Å²) in [4.78, 5) is 11.2. The van der Waals surface area contributed by atoms with E-state index in [4.69, 9.17) is 11.2 Å². The zero-order chi connectivity index (χ0) is 12.2. The Hall–Kier alpha value is -1.05. The van der Waals surface area contributed by atoms with Crippen molar-refractivity contribution in [2.24, 2.45) is 5.92 Å². The number of amides is 1. The van der Waals surface area contributed by atoms with E-state index in [0.29, 0.717) is 25.6 Å². The van der Waals surface area contributed by atoms with Gasteiger partial charge in [-0.15, -0.1) is 6.42 Å². The van der Waals surface area contributed by atoms with Crippen LogP contribution in [-0.2, 0) is 9.53 Å². The molecular weight excluding hydrogens is 204 g/mol. The summed E-state index contributed by atoms with van der Waals surface area (Å²) in [5, 5.41) is 5.55. The average Bonchev–Trinajstić information content (AvgIpc) is 2.23. The Kier molecular flexibility index (Phi) is 9.78. The molecule has 0 heterocycles. The molecule has 92 valence electrons. The molecular formula is C12H22N2O2. The molecule has 0 rings (SSSR count). The maximum Gasteiger partial charge on any atom is 0.234 e. The molecule has 0 atom stereocenters. The topological polar surface area (TPSA) is 50.4 Å². The number of hydrogen-bond donors (Lipinski definition) is 2. The number of terminal acetylenes is 1. The molecule has 0 unspecified atom stereocenters. The second-order valence-corrected chi connectivity index (χ2v) is 3.95. The predicted octanol–water partition coefficient (Wildman–Crippen LogP) is 0.388. The van der Waals surface area contributed by atoms with E-state index < -0.39 is 0 Å². The first kappa shape index (κ1) is 14.9. The zero-order valence-corrected chi connectivity index (χ0v) is 10.2. The number of ether oxygens (including phenoxy) is 1. The lowest BCUT2D eigenvalue weighted by Gasteiger charge is -2.07. The van der Waals surface area contributed by atoms with Crippen LogP contribution in [0.3, 0.4) is 0 Å². The largest absolute Gasteiger partial charge is 0.380 e. The Labute approximate surface area is 98.1 Å². The van der Waals surface area contributed by atoms with Crippen molar-refractivity contribution in [3.63, 3.8) is 0 Å². The standard InChI is InChI=1S/C12H22N2O2/c1-4-6-13-10-12(15)14-7-9-16-8-5-11(2)3/h1,11,13H,5-10H2,2-3H3,(H,14,15). The van der Waals surface area contributed by atoms with E-state index in [1.807, 2.05) is 0 Å². The SMILES string of the molecule is C#CCNCC(=O)NCCOCCC(C)C. The van der Waals surface area contributed by atoms with E-state index in [1.54, 1.807) is 0 Å². The van der Waals surface area contributed by atoms with Crippen molar-refractivity contribution >= 4 is 5.91 Å². The van der Waals surface area contributed by atoms with E-state index in [1.165, 1.54) is 0 Å². The summed E-state index contributed by atoms with van der Waals surface area (Å²) in [6, 6.07) is 0. The van der Waals surface area contributed by atoms with Crippen molar-refractivity contribution in [2.75, 3.05) is 32.8 Å². The first-order valence-corrected chi connectivity index (χ1v) is 5.65. The van der Waals surface area contributed by atoms with Gasteiger partial charge in [-0.05, 0) is 12.3 Å². The monoisotopic (exact) mass is 226 g/mol. The maximum atomic E-state index is 11.2. The fraction of sp³-hybridized carbons (Fsp3) is 0.750. The lowest BCUT2D eigenvalue weighted by molar-refractivity contribution is -0.120. The van der Waals surface area contributed by atoms with E-state index in [9.17, 15) is 4.79 Å². The highest BCUT2D eigenvalue weighted by Gasteiger charge is 1.98. The molecule has 0 aliphatic rings. The fourth-order valence-electron chi connectivity index (χ4n) is 0.994. The van der Waals surface area contributed by atoms with Gasteiger partial charge in [0.25, 0.3) is 0 Å². The van der Waals surface area contributed by atoms with Crippen LogP contribution < -0.4 is 10.6 Å². The molecule has 0 aliphatic carbocycles. The summed E-state index contributed by atoms with van der Waals surface area (Å²) in [6.07, 6.45) is 6.08.